The summed E-state index contributed by atoms with van der Waals surface area (Å²) in [7, 11) is 2.25. The maximum absolute atomic E-state index is 3.47. The van der Waals surface area contributed by atoms with E-state index >= 15 is 0 Å². The van der Waals surface area contributed by atoms with Crippen LogP contribution in [-0.2, 0) is 0 Å². The average molecular weight is 154 g/mol. The molecule has 0 bridgehead atoms. The molecule has 11 heavy (non-hydrogen) atoms. The first kappa shape index (κ1) is 7.56. The van der Waals surface area contributed by atoms with Gasteiger partial charge < -0.3 is 10.2 Å². The Kier molecular flexibility index (Phi) is 1.69. The fourth-order valence-corrected chi connectivity index (χ4v) is 2.64. The van der Waals surface area contributed by atoms with E-state index in [1.807, 2.05) is 0 Å². The molecule has 2 nitrogen and oxygen atoms in total. The summed E-state index contributed by atoms with van der Waals surface area (Å²) >= 11 is 0. The number of nitrogens with one attached hydrogen (secondary N) is 1. The molecule has 0 aromatic heterocycles. The quantitative estimate of drug-likeness (QED) is 0.552. The van der Waals surface area contributed by atoms with Crippen molar-refractivity contribution in [3.63, 3.8) is 0 Å². The topological polar surface area (TPSA) is 15.3 Å². The van der Waals surface area contributed by atoms with Gasteiger partial charge in [-0.2, -0.15) is 0 Å². The lowest BCUT2D eigenvalue weighted by molar-refractivity contribution is 0.294. The van der Waals surface area contributed by atoms with E-state index in [1.54, 1.807) is 0 Å². The van der Waals surface area contributed by atoms with Crippen LogP contribution in [-0.4, -0.2) is 37.6 Å². The van der Waals surface area contributed by atoms with Crippen LogP contribution in [0.4, 0.5) is 0 Å². The SMILES string of the molecule is CC1CC2(CCNC2)CN1C. The van der Waals surface area contributed by atoms with Gasteiger partial charge in [0.1, 0.15) is 0 Å². The Labute approximate surface area is 69.0 Å². The smallest absolute Gasteiger partial charge is 0.00703 e. The standard InChI is InChI=1S/C9H18N2/c1-8-5-9(7-11(8)2)3-4-10-6-9/h8,10H,3-7H2,1-2H3. The number of likely N-dealkylation sites (tertiary alicyclic amines) is 1. The van der Waals surface area contributed by atoms with Crippen molar-refractivity contribution in [2.45, 2.75) is 25.8 Å². The van der Waals surface area contributed by atoms with E-state index in [9.17, 15) is 0 Å². The molecule has 2 saturated heterocycles. The fraction of sp³-hybridized carbons (Fsp3) is 1.00. The van der Waals surface area contributed by atoms with Crippen LogP contribution in [0.2, 0.25) is 0 Å². The van der Waals surface area contributed by atoms with Crippen molar-refractivity contribution in [1.82, 2.24) is 10.2 Å². The highest BCUT2D eigenvalue weighted by Gasteiger charge is 2.42. The van der Waals surface area contributed by atoms with Gasteiger partial charge >= 0.3 is 0 Å². The lowest BCUT2D eigenvalue weighted by Gasteiger charge is -2.20. The number of rotatable bonds is 0. The van der Waals surface area contributed by atoms with E-state index in [4.69, 9.17) is 0 Å². The summed E-state index contributed by atoms with van der Waals surface area (Å²) in [6.07, 6.45) is 2.79. The number of hydrogen-bond acceptors (Lipinski definition) is 2. The van der Waals surface area contributed by atoms with Crippen molar-refractivity contribution in [3.05, 3.63) is 0 Å². The monoisotopic (exact) mass is 154 g/mol. The first-order valence-electron chi connectivity index (χ1n) is 4.63. The zero-order chi connectivity index (χ0) is 7.90. The van der Waals surface area contributed by atoms with E-state index in [-0.39, 0.29) is 0 Å². The second kappa shape index (κ2) is 2.46. The zero-order valence-electron chi connectivity index (χ0n) is 7.56. The van der Waals surface area contributed by atoms with Crippen LogP contribution < -0.4 is 5.32 Å². The third-order valence-electron chi connectivity index (χ3n) is 3.40. The molecule has 2 unspecified atom stereocenters. The van der Waals surface area contributed by atoms with Crippen LogP contribution in [0.25, 0.3) is 0 Å². The molecule has 2 heterocycles. The highest BCUT2D eigenvalue weighted by molar-refractivity contribution is 4.97. The van der Waals surface area contributed by atoms with Crippen molar-refractivity contribution < 1.29 is 0 Å². The van der Waals surface area contributed by atoms with Gasteiger partial charge in [-0.15, -0.1) is 0 Å². The molecule has 1 N–H and O–H groups in total. The third kappa shape index (κ3) is 1.18. The van der Waals surface area contributed by atoms with E-state index in [0.29, 0.717) is 5.41 Å². The van der Waals surface area contributed by atoms with Crippen LogP contribution in [0.5, 0.6) is 0 Å². The Morgan fingerprint density at radius 2 is 2.36 bits per heavy atom. The van der Waals surface area contributed by atoms with Crippen LogP contribution in [0.3, 0.4) is 0 Å². The molecular formula is C9H18N2. The van der Waals surface area contributed by atoms with Crippen LogP contribution >= 0.6 is 0 Å². The lowest BCUT2D eigenvalue weighted by Crippen LogP contribution is -2.27. The summed E-state index contributed by atoms with van der Waals surface area (Å²) in [6, 6.07) is 0.801. The molecule has 0 aromatic carbocycles. The predicted octanol–water partition coefficient (Wildman–Crippen LogP) is 0.690. The molecule has 2 fully saturated rings. The van der Waals surface area contributed by atoms with Gasteiger partial charge in [-0.05, 0) is 38.8 Å². The van der Waals surface area contributed by atoms with Crippen LogP contribution in [0, 0.1) is 5.41 Å². The highest BCUT2D eigenvalue weighted by atomic mass is 15.2. The normalized spacial score (nSPS) is 45.8. The first-order chi connectivity index (χ1) is 5.22. The predicted molar refractivity (Wildman–Crippen MR) is 46.6 cm³/mol. The van der Waals surface area contributed by atoms with Crippen LogP contribution in [0.15, 0.2) is 0 Å². The van der Waals surface area contributed by atoms with E-state index < -0.39 is 0 Å². The Morgan fingerprint density at radius 1 is 1.55 bits per heavy atom. The number of hydrogen-bond donors (Lipinski definition) is 1. The van der Waals surface area contributed by atoms with Crippen LogP contribution in [0.1, 0.15) is 19.8 Å². The van der Waals surface area contributed by atoms with Gasteiger partial charge in [0.2, 0.25) is 0 Å². The van der Waals surface area contributed by atoms with E-state index in [0.717, 1.165) is 6.04 Å². The maximum atomic E-state index is 3.47. The van der Waals surface area contributed by atoms with Gasteiger partial charge in [-0.25, -0.2) is 0 Å². The zero-order valence-corrected chi connectivity index (χ0v) is 7.56. The molecule has 2 rings (SSSR count). The van der Waals surface area contributed by atoms with Crippen molar-refractivity contribution in [1.29, 1.82) is 0 Å². The maximum Gasteiger partial charge on any atom is 0.00703 e. The van der Waals surface area contributed by atoms with Gasteiger partial charge in [0.05, 0.1) is 0 Å². The molecule has 2 atom stereocenters. The molecular weight excluding hydrogens is 136 g/mol. The minimum Gasteiger partial charge on any atom is -0.316 e. The summed E-state index contributed by atoms with van der Waals surface area (Å²) in [4.78, 5) is 2.49. The molecule has 0 radical (unpaired) electrons. The highest BCUT2D eigenvalue weighted by Crippen LogP contribution is 2.38. The third-order valence-corrected chi connectivity index (χ3v) is 3.40. The summed E-state index contributed by atoms with van der Waals surface area (Å²) in [5.41, 5.74) is 0.647. The summed E-state index contributed by atoms with van der Waals surface area (Å²) < 4.78 is 0. The Morgan fingerprint density at radius 3 is 2.82 bits per heavy atom. The van der Waals surface area contributed by atoms with Crippen molar-refractivity contribution in [2.75, 3.05) is 26.7 Å². The van der Waals surface area contributed by atoms with E-state index in [2.05, 4.69) is 24.2 Å². The molecule has 1 spiro atoms. The largest absolute Gasteiger partial charge is 0.316 e. The first-order valence-corrected chi connectivity index (χ1v) is 4.63. The lowest BCUT2D eigenvalue weighted by atomic mass is 9.85. The second-order valence-corrected chi connectivity index (χ2v) is 4.40. The van der Waals surface area contributed by atoms with Crippen molar-refractivity contribution in [3.8, 4) is 0 Å². The molecule has 0 saturated carbocycles. The molecule has 2 aliphatic heterocycles. The minimum absolute atomic E-state index is 0.647. The van der Waals surface area contributed by atoms with Crippen molar-refractivity contribution in [2.24, 2.45) is 5.41 Å². The molecule has 0 amide bonds. The van der Waals surface area contributed by atoms with Gasteiger partial charge in [-0.1, -0.05) is 0 Å². The summed E-state index contributed by atoms with van der Waals surface area (Å²) in [5.74, 6) is 0. The molecule has 0 aliphatic carbocycles. The molecule has 2 aliphatic rings. The number of nitrogens with zero attached hydrogens (tertiary/aromatic N) is 1. The molecule has 2 heteroatoms. The summed E-state index contributed by atoms with van der Waals surface area (Å²) in [5, 5.41) is 3.47. The van der Waals surface area contributed by atoms with Crippen molar-refractivity contribution >= 4 is 0 Å². The molecule has 64 valence electrons. The van der Waals surface area contributed by atoms with Gasteiger partial charge in [-0.3, -0.25) is 0 Å². The van der Waals surface area contributed by atoms with Gasteiger partial charge in [0.25, 0.3) is 0 Å². The minimum atomic E-state index is 0.647. The van der Waals surface area contributed by atoms with Gasteiger partial charge in [0.15, 0.2) is 0 Å². The van der Waals surface area contributed by atoms with E-state index in [1.165, 1.54) is 32.5 Å². The Bertz CT molecular complexity index is 138. The van der Waals surface area contributed by atoms with Gasteiger partial charge in [0, 0.05) is 19.1 Å². The molecule has 0 aromatic rings. The Balaban J connectivity index is 2.06. The summed E-state index contributed by atoms with van der Waals surface area (Å²) in [6.45, 7) is 6.14. The fourth-order valence-electron chi connectivity index (χ4n) is 2.64. The second-order valence-electron chi connectivity index (χ2n) is 4.40. The Hall–Kier alpha value is -0.0800. The average Bonchev–Trinajstić information content (AvgIpc) is 2.46.